The molecule has 1 saturated heterocycles. The fourth-order valence-corrected chi connectivity index (χ4v) is 2.37. The molecular formula is C13H19N3O3. The number of rotatable bonds is 4. The Labute approximate surface area is 112 Å². The van der Waals surface area contributed by atoms with Crippen molar-refractivity contribution in [1.82, 2.24) is 4.90 Å². The van der Waals surface area contributed by atoms with Crippen molar-refractivity contribution < 1.29 is 15.0 Å². The van der Waals surface area contributed by atoms with Crippen LogP contribution in [-0.2, 0) is 0 Å². The van der Waals surface area contributed by atoms with Crippen molar-refractivity contribution in [2.75, 3.05) is 50.0 Å². The number of nitrogen functional groups attached to an aromatic ring is 1. The van der Waals surface area contributed by atoms with E-state index < -0.39 is 5.97 Å². The van der Waals surface area contributed by atoms with Crippen molar-refractivity contribution in [2.24, 2.45) is 0 Å². The third-order valence-electron chi connectivity index (χ3n) is 3.44. The predicted molar refractivity (Wildman–Crippen MR) is 73.6 cm³/mol. The third-order valence-corrected chi connectivity index (χ3v) is 3.44. The predicted octanol–water partition coefficient (Wildman–Crippen LogP) is 0.0813. The van der Waals surface area contributed by atoms with Gasteiger partial charge < -0.3 is 20.8 Å². The number of benzene rings is 1. The fourth-order valence-electron chi connectivity index (χ4n) is 2.37. The van der Waals surface area contributed by atoms with E-state index in [1.54, 1.807) is 6.07 Å². The molecule has 0 unspecified atom stereocenters. The van der Waals surface area contributed by atoms with Gasteiger partial charge >= 0.3 is 5.97 Å². The zero-order valence-corrected chi connectivity index (χ0v) is 10.7. The molecule has 6 nitrogen and oxygen atoms in total. The number of anilines is 2. The van der Waals surface area contributed by atoms with Crippen molar-refractivity contribution in [3.63, 3.8) is 0 Å². The second kappa shape index (κ2) is 5.90. The number of para-hydroxylation sites is 1. The van der Waals surface area contributed by atoms with Gasteiger partial charge in [0.2, 0.25) is 0 Å². The molecule has 2 rings (SSSR count). The van der Waals surface area contributed by atoms with E-state index in [4.69, 9.17) is 15.9 Å². The van der Waals surface area contributed by atoms with Crippen molar-refractivity contribution in [2.45, 2.75) is 0 Å². The number of aliphatic hydroxyl groups excluding tert-OH is 1. The van der Waals surface area contributed by atoms with Crippen molar-refractivity contribution in [1.29, 1.82) is 0 Å². The minimum Gasteiger partial charge on any atom is -0.478 e. The van der Waals surface area contributed by atoms with Crippen LogP contribution >= 0.6 is 0 Å². The van der Waals surface area contributed by atoms with Crippen LogP contribution in [0.3, 0.4) is 0 Å². The summed E-state index contributed by atoms with van der Waals surface area (Å²) >= 11 is 0. The van der Waals surface area contributed by atoms with Gasteiger partial charge in [0.15, 0.2) is 0 Å². The number of nitrogens with zero attached hydrogens (tertiary/aromatic N) is 2. The lowest BCUT2D eigenvalue weighted by atomic mass is 10.1. The summed E-state index contributed by atoms with van der Waals surface area (Å²) in [6, 6.07) is 5.09. The molecule has 0 bridgehead atoms. The van der Waals surface area contributed by atoms with Gasteiger partial charge in [-0.1, -0.05) is 6.07 Å². The summed E-state index contributed by atoms with van der Waals surface area (Å²) in [6.07, 6.45) is 0. The summed E-state index contributed by atoms with van der Waals surface area (Å²) in [7, 11) is 0. The standard InChI is InChI=1S/C13H19N3O3/c14-12-10(13(18)19)2-1-3-11(12)16-6-4-15(5-7-16)8-9-17/h1-3,17H,4-9,14H2,(H,18,19). The molecule has 1 aromatic carbocycles. The molecule has 0 spiro atoms. The summed E-state index contributed by atoms with van der Waals surface area (Å²) in [5.74, 6) is -1.00. The maximum Gasteiger partial charge on any atom is 0.337 e. The van der Waals surface area contributed by atoms with Crippen LogP contribution in [0.2, 0.25) is 0 Å². The van der Waals surface area contributed by atoms with Crippen LogP contribution in [0.5, 0.6) is 0 Å². The molecule has 0 saturated carbocycles. The van der Waals surface area contributed by atoms with Crippen LogP contribution in [0.4, 0.5) is 11.4 Å². The van der Waals surface area contributed by atoms with Crippen LogP contribution in [0.15, 0.2) is 18.2 Å². The molecule has 0 radical (unpaired) electrons. The molecule has 1 aliphatic heterocycles. The summed E-state index contributed by atoms with van der Waals surface area (Å²) in [4.78, 5) is 15.3. The van der Waals surface area contributed by atoms with E-state index in [1.807, 2.05) is 6.07 Å². The normalized spacial score (nSPS) is 16.6. The first-order valence-corrected chi connectivity index (χ1v) is 6.33. The highest BCUT2D eigenvalue weighted by Gasteiger charge is 2.20. The Kier molecular flexibility index (Phi) is 4.24. The summed E-state index contributed by atoms with van der Waals surface area (Å²) < 4.78 is 0. The third kappa shape index (κ3) is 2.97. The lowest BCUT2D eigenvalue weighted by molar-refractivity contribution is 0.0698. The fraction of sp³-hybridized carbons (Fsp3) is 0.462. The Bertz CT molecular complexity index is 456. The second-order valence-electron chi connectivity index (χ2n) is 4.60. The van der Waals surface area contributed by atoms with Crippen LogP contribution in [0.25, 0.3) is 0 Å². The number of carbonyl (C=O) groups is 1. The number of nitrogens with two attached hydrogens (primary N) is 1. The average Bonchev–Trinajstić information content (AvgIpc) is 2.40. The molecule has 6 heteroatoms. The van der Waals surface area contributed by atoms with Crippen LogP contribution in [0.1, 0.15) is 10.4 Å². The Morgan fingerprint density at radius 1 is 1.26 bits per heavy atom. The molecule has 104 valence electrons. The van der Waals surface area contributed by atoms with Gasteiger partial charge in [0, 0.05) is 32.7 Å². The van der Waals surface area contributed by atoms with Gasteiger partial charge in [0.1, 0.15) is 0 Å². The molecular weight excluding hydrogens is 246 g/mol. The lowest BCUT2D eigenvalue weighted by Gasteiger charge is -2.36. The smallest absolute Gasteiger partial charge is 0.337 e. The highest BCUT2D eigenvalue weighted by atomic mass is 16.4. The highest BCUT2D eigenvalue weighted by Crippen LogP contribution is 2.27. The first-order valence-electron chi connectivity index (χ1n) is 6.33. The Hall–Kier alpha value is -1.79. The van der Waals surface area contributed by atoms with E-state index in [9.17, 15) is 4.79 Å². The average molecular weight is 265 g/mol. The number of hydrogen-bond donors (Lipinski definition) is 3. The molecule has 0 aliphatic carbocycles. The monoisotopic (exact) mass is 265 g/mol. The van der Waals surface area contributed by atoms with Gasteiger partial charge in [-0.2, -0.15) is 0 Å². The largest absolute Gasteiger partial charge is 0.478 e. The maximum absolute atomic E-state index is 11.1. The zero-order chi connectivity index (χ0) is 13.8. The van der Waals surface area contributed by atoms with Gasteiger partial charge in [-0.3, -0.25) is 4.90 Å². The van der Waals surface area contributed by atoms with Crippen LogP contribution in [0, 0.1) is 0 Å². The minimum absolute atomic E-state index is 0.148. The zero-order valence-electron chi connectivity index (χ0n) is 10.7. The topological polar surface area (TPSA) is 90.0 Å². The highest BCUT2D eigenvalue weighted by molar-refractivity contribution is 5.97. The first-order chi connectivity index (χ1) is 9.13. The number of carboxylic acid groups (broad SMARTS) is 1. The quantitative estimate of drug-likeness (QED) is 0.668. The van der Waals surface area contributed by atoms with E-state index in [-0.39, 0.29) is 12.2 Å². The van der Waals surface area contributed by atoms with Crippen molar-refractivity contribution >= 4 is 17.3 Å². The van der Waals surface area contributed by atoms with E-state index in [0.29, 0.717) is 12.2 Å². The Morgan fingerprint density at radius 2 is 1.95 bits per heavy atom. The molecule has 1 aliphatic rings. The van der Waals surface area contributed by atoms with Gasteiger partial charge in [-0.15, -0.1) is 0 Å². The number of piperazine rings is 1. The number of aromatic carboxylic acids is 1. The summed E-state index contributed by atoms with van der Waals surface area (Å²) in [6.45, 7) is 4.10. The van der Waals surface area contributed by atoms with E-state index in [0.717, 1.165) is 31.9 Å². The Morgan fingerprint density at radius 3 is 2.53 bits per heavy atom. The van der Waals surface area contributed by atoms with Crippen LogP contribution < -0.4 is 10.6 Å². The van der Waals surface area contributed by atoms with Gasteiger partial charge in [-0.05, 0) is 12.1 Å². The van der Waals surface area contributed by atoms with Gasteiger partial charge in [-0.25, -0.2) is 4.79 Å². The maximum atomic E-state index is 11.1. The van der Waals surface area contributed by atoms with Crippen molar-refractivity contribution in [3.05, 3.63) is 23.8 Å². The van der Waals surface area contributed by atoms with E-state index in [1.165, 1.54) is 6.07 Å². The Balaban J connectivity index is 2.11. The number of β-amino-alcohol motifs (C(OH)–C–C–N with tert-alkyl or cyclic N) is 1. The molecule has 0 amide bonds. The molecule has 0 atom stereocenters. The van der Waals surface area contributed by atoms with Gasteiger partial charge in [0.25, 0.3) is 0 Å². The number of carboxylic acids is 1. The molecule has 1 fully saturated rings. The lowest BCUT2D eigenvalue weighted by Crippen LogP contribution is -2.47. The van der Waals surface area contributed by atoms with E-state index in [2.05, 4.69) is 9.80 Å². The number of aliphatic hydroxyl groups is 1. The van der Waals surface area contributed by atoms with Crippen LogP contribution in [-0.4, -0.2) is 60.4 Å². The molecule has 1 aromatic rings. The number of hydrogen-bond acceptors (Lipinski definition) is 5. The first kappa shape index (κ1) is 13.6. The minimum atomic E-state index is -1.00. The molecule has 1 heterocycles. The van der Waals surface area contributed by atoms with E-state index >= 15 is 0 Å². The second-order valence-corrected chi connectivity index (χ2v) is 4.60. The molecule has 0 aromatic heterocycles. The molecule has 4 N–H and O–H groups in total. The summed E-state index contributed by atoms with van der Waals surface area (Å²) in [5.41, 5.74) is 7.19. The summed E-state index contributed by atoms with van der Waals surface area (Å²) in [5, 5.41) is 18.0. The van der Waals surface area contributed by atoms with Crippen molar-refractivity contribution in [3.8, 4) is 0 Å². The van der Waals surface area contributed by atoms with Gasteiger partial charge in [0.05, 0.1) is 23.5 Å². The molecule has 19 heavy (non-hydrogen) atoms. The SMILES string of the molecule is Nc1c(C(=O)O)cccc1N1CCN(CCO)CC1.